The van der Waals surface area contributed by atoms with E-state index in [0.717, 1.165) is 11.1 Å². The Labute approximate surface area is 123 Å². The summed E-state index contributed by atoms with van der Waals surface area (Å²) in [5.41, 5.74) is 2.05. The lowest BCUT2D eigenvalue weighted by Gasteiger charge is -2.06. The molecule has 1 unspecified atom stereocenters. The molecule has 0 saturated heterocycles. The van der Waals surface area contributed by atoms with E-state index in [1.165, 1.54) is 0 Å². The third-order valence-corrected chi connectivity index (χ3v) is 3.28. The number of nitrogens with zero attached hydrogens (tertiary/aromatic N) is 1. The van der Waals surface area contributed by atoms with Gasteiger partial charge in [0.05, 0.1) is 6.61 Å². The Morgan fingerprint density at radius 1 is 1.14 bits per heavy atom. The average molecular weight is 283 g/mol. The molecule has 0 fully saturated rings. The SMILES string of the molecule is OCCOc1cccc(C2=NC(c3ccccc3)CO2)c1. The highest BCUT2D eigenvalue weighted by atomic mass is 16.5. The Kier molecular flexibility index (Phi) is 4.17. The standard InChI is InChI=1S/C17H17NO3/c19-9-10-20-15-8-4-7-14(11-15)17-18-16(12-21-17)13-5-2-1-3-6-13/h1-8,11,16,19H,9-10,12H2. The van der Waals surface area contributed by atoms with Crippen LogP contribution in [0.5, 0.6) is 5.75 Å². The number of aliphatic imine (C=N–C) groups is 1. The normalized spacial score (nSPS) is 17.2. The molecule has 4 heteroatoms. The monoisotopic (exact) mass is 283 g/mol. The van der Waals surface area contributed by atoms with Crippen molar-refractivity contribution in [2.45, 2.75) is 6.04 Å². The highest BCUT2D eigenvalue weighted by molar-refractivity contribution is 5.95. The molecule has 1 aliphatic heterocycles. The van der Waals surface area contributed by atoms with E-state index in [1.54, 1.807) is 0 Å². The molecule has 1 N–H and O–H groups in total. The van der Waals surface area contributed by atoms with Crippen LogP contribution in [0.4, 0.5) is 0 Å². The largest absolute Gasteiger partial charge is 0.491 e. The van der Waals surface area contributed by atoms with Gasteiger partial charge in [0.15, 0.2) is 0 Å². The third kappa shape index (κ3) is 3.23. The fraction of sp³-hybridized carbons (Fsp3) is 0.235. The van der Waals surface area contributed by atoms with Crippen LogP contribution in [0.1, 0.15) is 17.2 Å². The molecule has 0 bridgehead atoms. The fourth-order valence-electron chi connectivity index (χ4n) is 2.26. The minimum Gasteiger partial charge on any atom is -0.491 e. The first-order chi connectivity index (χ1) is 10.4. The summed E-state index contributed by atoms with van der Waals surface area (Å²) in [6, 6.07) is 17.7. The molecule has 1 heterocycles. The van der Waals surface area contributed by atoms with Crippen LogP contribution in [0.3, 0.4) is 0 Å². The molecule has 0 amide bonds. The van der Waals surface area contributed by atoms with Crippen LogP contribution < -0.4 is 4.74 Å². The van der Waals surface area contributed by atoms with Gasteiger partial charge in [-0.05, 0) is 23.8 Å². The average Bonchev–Trinajstić information content (AvgIpc) is 3.04. The molecule has 4 nitrogen and oxygen atoms in total. The number of aliphatic hydroxyl groups is 1. The van der Waals surface area contributed by atoms with Gasteiger partial charge < -0.3 is 14.6 Å². The van der Waals surface area contributed by atoms with Gasteiger partial charge in [0.2, 0.25) is 5.90 Å². The highest BCUT2D eigenvalue weighted by Gasteiger charge is 2.21. The molecular weight excluding hydrogens is 266 g/mol. The fourth-order valence-corrected chi connectivity index (χ4v) is 2.26. The number of hydrogen-bond acceptors (Lipinski definition) is 4. The van der Waals surface area contributed by atoms with Gasteiger partial charge in [-0.2, -0.15) is 0 Å². The van der Waals surface area contributed by atoms with Crippen LogP contribution in [0.25, 0.3) is 0 Å². The van der Waals surface area contributed by atoms with Crippen molar-refractivity contribution in [3.05, 3.63) is 65.7 Å². The molecule has 0 aliphatic carbocycles. The van der Waals surface area contributed by atoms with Crippen LogP contribution in [-0.4, -0.2) is 30.8 Å². The molecule has 0 spiro atoms. The minimum absolute atomic E-state index is 0.00223. The molecule has 0 aromatic heterocycles. The third-order valence-electron chi connectivity index (χ3n) is 3.28. The van der Waals surface area contributed by atoms with E-state index in [9.17, 15) is 0 Å². The van der Waals surface area contributed by atoms with Gasteiger partial charge in [0.1, 0.15) is 25.0 Å². The van der Waals surface area contributed by atoms with Crippen molar-refractivity contribution in [1.29, 1.82) is 0 Å². The van der Waals surface area contributed by atoms with Gasteiger partial charge in [-0.3, -0.25) is 0 Å². The molecule has 0 radical (unpaired) electrons. The van der Waals surface area contributed by atoms with Gasteiger partial charge in [-0.15, -0.1) is 0 Å². The van der Waals surface area contributed by atoms with E-state index in [4.69, 9.17) is 14.6 Å². The number of rotatable bonds is 5. The van der Waals surface area contributed by atoms with Crippen LogP contribution in [0.15, 0.2) is 59.6 Å². The Hall–Kier alpha value is -2.33. The van der Waals surface area contributed by atoms with Crippen molar-refractivity contribution in [3.63, 3.8) is 0 Å². The molecule has 21 heavy (non-hydrogen) atoms. The molecule has 2 aromatic carbocycles. The van der Waals surface area contributed by atoms with Crippen LogP contribution in [0, 0.1) is 0 Å². The van der Waals surface area contributed by atoms with Crippen molar-refractivity contribution in [3.8, 4) is 5.75 Å². The lowest BCUT2D eigenvalue weighted by atomic mass is 10.1. The van der Waals surface area contributed by atoms with Crippen LogP contribution >= 0.6 is 0 Å². The van der Waals surface area contributed by atoms with Crippen molar-refractivity contribution >= 4 is 5.90 Å². The van der Waals surface area contributed by atoms with Crippen molar-refractivity contribution in [1.82, 2.24) is 0 Å². The van der Waals surface area contributed by atoms with Crippen molar-refractivity contribution < 1.29 is 14.6 Å². The molecule has 0 saturated carbocycles. The smallest absolute Gasteiger partial charge is 0.217 e. The number of benzene rings is 2. The Balaban J connectivity index is 1.78. The Morgan fingerprint density at radius 2 is 2.00 bits per heavy atom. The maximum atomic E-state index is 8.80. The summed E-state index contributed by atoms with van der Waals surface area (Å²) in [5.74, 6) is 1.34. The van der Waals surface area contributed by atoms with Crippen LogP contribution in [0.2, 0.25) is 0 Å². The quantitative estimate of drug-likeness (QED) is 0.917. The second-order valence-corrected chi connectivity index (χ2v) is 4.77. The lowest BCUT2D eigenvalue weighted by Crippen LogP contribution is -2.04. The van der Waals surface area contributed by atoms with Crippen molar-refractivity contribution in [2.24, 2.45) is 4.99 Å². The van der Waals surface area contributed by atoms with Crippen LogP contribution in [-0.2, 0) is 4.74 Å². The number of hydrogen-bond donors (Lipinski definition) is 1. The summed E-state index contributed by atoms with van der Waals surface area (Å²) >= 11 is 0. The zero-order chi connectivity index (χ0) is 14.5. The van der Waals surface area contributed by atoms with Gasteiger partial charge >= 0.3 is 0 Å². The summed E-state index contributed by atoms with van der Waals surface area (Å²) < 4.78 is 11.1. The Bertz CT molecular complexity index is 625. The second-order valence-electron chi connectivity index (χ2n) is 4.77. The first kappa shape index (κ1) is 13.6. The maximum Gasteiger partial charge on any atom is 0.217 e. The lowest BCUT2D eigenvalue weighted by molar-refractivity contribution is 0.201. The topological polar surface area (TPSA) is 51.0 Å². The minimum atomic E-state index is -0.00223. The van der Waals surface area contributed by atoms with E-state index in [2.05, 4.69) is 17.1 Å². The van der Waals surface area contributed by atoms with Gasteiger partial charge in [0.25, 0.3) is 0 Å². The Morgan fingerprint density at radius 3 is 2.81 bits per heavy atom. The van der Waals surface area contributed by atoms with Crippen molar-refractivity contribution in [2.75, 3.05) is 19.8 Å². The summed E-state index contributed by atoms with van der Waals surface area (Å²) in [5, 5.41) is 8.80. The molecule has 2 aromatic rings. The van der Waals surface area contributed by atoms with Gasteiger partial charge in [-0.25, -0.2) is 4.99 Å². The predicted molar refractivity (Wildman–Crippen MR) is 80.7 cm³/mol. The molecular formula is C17H17NO3. The van der Waals surface area contributed by atoms with E-state index >= 15 is 0 Å². The second kappa shape index (κ2) is 6.41. The molecule has 108 valence electrons. The predicted octanol–water partition coefficient (Wildman–Crippen LogP) is 2.58. The van der Waals surface area contributed by atoms with E-state index in [1.807, 2.05) is 42.5 Å². The maximum absolute atomic E-state index is 8.80. The van der Waals surface area contributed by atoms with E-state index in [-0.39, 0.29) is 19.3 Å². The number of aliphatic hydroxyl groups excluding tert-OH is 1. The molecule has 1 atom stereocenters. The van der Waals surface area contributed by atoms with Gasteiger partial charge in [0, 0.05) is 5.56 Å². The summed E-state index contributed by atoms with van der Waals surface area (Å²) in [6.07, 6.45) is 0. The van der Waals surface area contributed by atoms with E-state index in [0.29, 0.717) is 18.3 Å². The first-order valence-corrected chi connectivity index (χ1v) is 6.96. The number of ether oxygens (including phenoxy) is 2. The summed E-state index contributed by atoms with van der Waals surface area (Å²) in [6.45, 7) is 0.836. The van der Waals surface area contributed by atoms with E-state index < -0.39 is 0 Å². The summed E-state index contributed by atoms with van der Waals surface area (Å²) in [4.78, 5) is 4.64. The zero-order valence-electron chi connectivity index (χ0n) is 11.6. The van der Waals surface area contributed by atoms with Gasteiger partial charge in [-0.1, -0.05) is 36.4 Å². The highest BCUT2D eigenvalue weighted by Crippen LogP contribution is 2.26. The first-order valence-electron chi connectivity index (χ1n) is 6.96. The summed E-state index contributed by atoms with van der Waals surface area (Å²) in [7, 11) is 0. The molecule has 1 aliphatic rings. The molecule has 3 rings (SSSR count). The zero-order valence-corrected chi connectivity index (χ0v) is 11.6.